The lowest BCUT2D eigenvalue weighted by Crippen LogP contribution is -2.53. The number of aromatic nitrogens is 4. The molecule has 1 fully saturated rings. The van der Waals surface area contributed by atoms with Gasteiger partial charge in [0.1, 0.15) is 11.2 Å². The van der Waals surface area contributed by atoms with Crippen molar-refractivity contribution in [3.05, 3.63) is 107 Å². The number of rotatable bonds is 8. The molecule has 244 valence electrons. The molecule has 9 nitrogen and oxygen atoms in total. The molecule has 0 spiro atoms. The number of amides is 1. The second-order valence-corrected chi connectivity index (χ2v) is 12.4. The number of ether oxygens (including phenoxy) is 2. The molecule has 1 saturated heterocycles. The molecule has 0 radical (unpaired) electrons. The molecule has 7 rings (SSSR count). The van der Waals surface area contributed by atoms with Gasteiger partial charge in [-0.2, -0.15) is 13.2 Å². The Kier molecular flexibility index (Phi) is 8.07. The van der Waals surface area contributed by atoms with Crippen LogP contribution in [0.25, 0.3) is 32.9 Å². The van der Waals surface area contributed by atoms with Gasteiger partial charge in [-0.25, -0.2) is 4.98 Å². The zero-order valence-electron chi connectivity index (χ0n) is 25.8. The van der Waals surface area contributed by atoms with E-state index < -0.39 is 11.7 Å². The van der Waals surface area contributed by atoms with Crippen LogP contribution in [0.4, 0.5) is 13.2 Å². The van der Waals surface area contributed by atoms with Gasteiger partial charge in [-0.1, -0.05) is 42.1 Å². The molecule has 3 aromatic carbocycles. The van der Waals surface area contributed by atoms with E-state index in [-0.39, 0.29) is 17.4 Å². The Hall–Kier alpha value is -5.30. The predicted octanol–water partition coefficient (Wildman–Crippen LogP) is 7.08. The van der Waals surface area contributed by atoms with Gasteiger partial charge < -0.3 is 19.4 Å². The van der Waals surface area contributed by atoms with Crippen LogP contribution >= 0.6 is 11.8 Å². The number of carbonyl (C=O) groups excluding carboxylic acids is 1. The molecule has 2 N–H and O–H groups in total. The molecule has 0 aliphatic carbocycles. The van der Waals surface area contributed by atoms with Crippen LogP contribution in [0, 0.1) is 5.41 Å². The molecule has 1 aliphatic rings. The lowest BCUT2D eigenvalue weighted by atomic mass is 10.1. The standard InChI is InChI=1S/C35H29F3N6O3S/c1-46-30-14-26-28(15-31(30)47-2)42-34(48-19-20-5-9-24(10-6-20)35(36,37)38)44(32(26)39)25-17-43(18-25)33(45)29-13-22-8-7-21(12-27(22)41-29)23-4-3-11-40-16-23/h3-16,25,39,41H,17-19H2,1-2H3. The first-order chi connectivity index (χ1) is 23.1. The van der Waals surface area contributed by atoms with Crippen LogP contribution in [0.5, 0.6) is 11.5 Å². The highest BCUT2D eigenvalue weighted by atomic mass is 32.2. The number of nitrogens with one attached hydrogen (secondary N) is 2. The first-order valence-electron chi connectivity index (χ1n) is 15.0. The number of halogens is 3. The molecule has 0 bridgehead atoms. The second kappa shape index (κ2) is 12.4. The first kappa shape index (κ1) is 31.3. The Morgan fingerprint density at radius 1 is 1.00 bits per heavy atom. The SMILES string of the molecule is COc1cc2nc(SCc3ccc(C(F)(F)F)cc3)n(C3CN(C(=O)c4cc5ccc(-c6cccnc6)cc5[nH]4)C3)c(=N)c2cc1OC. The van der Waals surface area contributed by atoms with Crippen LogP contribution in [-0.4, -0.2) is 57.6 Å². The predicted molar refractivity (Wildman–Crippen MR) is 176 cm³/mol. The number of hydrogen-bond donors (Lipinski definition) is 2. The van der Waals surface area contributed by atoms with E-state index >= 15 is 0 Å². The number of nitrogens with zero attached hydrogens (tertiary/aromatic N) is 4. The van der Waals surface area contributed by atoms with Gasteiger partial charge in [-0.15, -0.1) is 0 Å². The van der Waals surface area contributed by atoms with Crippen molar-refractivity contribution >= 4 is 39.5 Å². The highest BCUT2D eigenvalue weighted by molar-refractivity contribution is 7.98. The third-order valence-electron chi connectivity index (χ3n) is 8.43. The summed E-state index contributed by atoms with van der Waals surface area (Å²) in [6.07, 6.45) is -0.907. The van der Waals surface area contributed by atoms with E-state index in [1.54, 1.807) is 34.0 Å². The zero-order valence-corrected chi connectivity index (χ0v) is 26.7. The van der Waals surface area contributed by atoms with Crippen molar-refractivity contribution in [3.8, 4) is 22.6 Å². The van der Waals surface area contributed by atoms with Crippen LogP contribution < -0.4 is 15.0 Å². The molecule has 1 amide bonds. The summed E-state index contributed by atoms with van der Waals surface area (Å²) in [5.74, 6) is 1.08. The summed E-state index contributed by atoms with van der Waals surface area (Å²) in [7, 11) is 3.03. The highest BCUT2D eigenvalue weighted by Crippen LogP contribution is 2.35. The number of carbonyl (C=O) groups is 1. The maximum Gasteiger partial charge on any atom is 0.416 e. The van der Waals surface area contributed by atoms with E-state index in [0.29, 0.717) is 57.7 Å². The fourth-order valence-electron chi connectivity index (χ4n) is 5.82. The molecule has 0 saturated carbocycles. The molecule has 3 aromatic heterocycles. The lowest BCUT2D eigenvalue weighted by Gasteiger charge is -2.41. The van der Waals surface area contributed by atoms with E-state index in [9.17, 15) is 23.4 Å². The molecule has 0 unspecified atom stereocenters. The van der Waals surface area contributed by atoms with Crippen LogP contribution in [0.2, 0.25) is 0 Å². The van der Waals surface area contributed by atoms with Crippen molar-refractivity contribution < 1.29 is 27.4 Å². The fourth-order valence-corrected chi connectivity index (χ4v) is 6.85. The summed E-state index contributed by atoms with van der Waals surface area (Å²) in [5, 5.41) is 11.2. The monoisotopic (exact) mass is 670 g/mol. The molecule has 13 heteroatoms. The van der Waals surface area contributed by atoms with E-state index in [2.05, 4.69) is 9.97 Å². The smallest absolute Gasteiger partial charge is 0.416 e. The van der Waals surface area contributed by atoms with Crippen molar-refractivity contribution in [1.29, 1.82) is 5.41 Å². The minimum absolute atomic E-state index is 0.156. The summed E-state index contributed by atoms with van der Waals surface area (Å²) in [5.41, 5.74) is 3.92. The number of thioether (sulfide) groups is 1. The number of likely N-dealkylation sites (tertiary alicyclic amines) is 1. The van der Waals surface area contributed by atoms with Gasteiger partial charge in [-0.3, -0.25) is 19.8 Å². The lowest BCUT2D eigenvalue weighted by molar-refractivity contribution is -0.137. The van der Waals surface area contributed by atoms with Crippen molar-refractivity contribution in [3.63, 3.8) is 0 Å². The molecule has 48 heavy (non-hydrogen) atoms. The van der Waals surface area contributed by atoms with E-state index in [0.717, 1.165) is 34.2 Å². The minimum atomic E-state index is -4.42. The third kappa shape index (κ3) is 5.85. The van der Waals surface area contributed by atoms with E-state index in [1.165, 1.54) is 38.1 Å². The maximum atomic E-state index is 13.6. The summed E-state index contributed by atoms with van der Waals surface area (Å²) in [6, 6.07) is 19.8. The number of hydrogen-bond acceptors (Lipinski definition) is 7. The minimum Gasteiger partial charge on any atom is -0.493 e. The summed E-state index contributed by atoms with van der Waals surface area (Å²) >= 11 is 1.32. The number of aromatic amines is 1. The zero-order chi connectivity index (χ0) is 33.6. The average Bonchev–Trinajstić information content (AvgIpc) is 3.51. The first-order valence-corrected chi connectivity index (χ1v) is 16.0. The van der Waals surface area contributed by atoms with Gasteiger partial charge >= 0.3 is 6.18 Å². The fraction of sp³-hybridized carbons (Fsp3) is 0.200. The van der Waals surface area contributed by atoms with Crippen LogP contribution in [0.15, 0.2) is 90.3 Å². The van der Waals surface area contributed by atoms with Gasteiger partial charge in [0.2, 0.25) is 0 Å². The van der Waals surface area contributed by atoms with Gasteiger partial charge in [0.15, 0.2) is 16.7 Å². The van der Waals surface area contributed by atoms with E-state index in [1.807, 2.05) is 36.4 Å². The van der Waals surface area contributed by atoms with E-state index in [4.69, 9.17) is 14.5 Å². The number of alkyl halides is 3. The maximum absolute atomic E-state index is 13.6. The molecule has 0 atom stereocenters. The number of pyridine rings is 1. The molecule has 1 aliphatic heterocycles. The third-order valence-corrected chi connectivity index (χ3v) is 9.46. The Bertz CT molecular complexity index is 2210. The average molecular weight is 671 g/mol. The summed E-state index contributed by atoms with van der Waals surface area (Å²) in [4.78, 5) is 27.6. The topological polar surface area (TPSA) is 109 Å². The van der Waals surface area contributed by atoms with Crippen molar-refractivity contribution in [1.82, 2.24) is 24.4 Å². The van der Waals surface area contributed by atoms with Crippen molar-refractivity contribution in [2.24, 2.45) is 0 Å². The molecule has 4 heterocycles. The summed E-state index contributed by atoms with van der Waals surface area (Å²) < 4.78 is 52.0. The van der Waals surface area contributed by atoms with Gasteiger partial charge in [0.05, 0.1) is 31.3 Å². The second-order valence-electron chi connectivity index (χ2n) is 11.4. The molecular weight excluding hydrogens is 641 g/mol. The van der Waals surface area contributed by atoms with Gasteiger partial charge in [0, 0.05) is 59.2 Å². The summed E-state index contributed by atoms with van der Waals surface area (Å²) in [6.45, 7) is 0.694. The van der Waals surface area contributed by atoms with Crippen molar-refractivity contribution in [2.75, 3.05) is 27.3 Å². The van der Waals surface area contributed by atoms with Gasteiger partial charge in [0.25, 0.3) is 5.91 Å². The number of fused-ring (bicyclic) bond motifs is 2. The Morgan fingerprint density at radius 3 is 2.44 bits per heavy atom. The number of benzene rings is 3. The Morgan fingerprint density at radius 2 is 1.75 bits per heavy atom. The number of methoxy groups -OCH3 is 2. The largest absolute Gasteiger partial charge is 0.493 e. The Balaban J connectivity index is 1.16. The number of H-pyrrole nitrogens is 1. The molecular formula is C35H29F3N6O3S. The normalized spacial score (nSPS) is 13.6. The highest BCUT2D eigenvalue weighted by Gasteiger charge is 2.35. The van der Waals surface area contributed by atoms with Gasteiger partial charge in [-0.05, 0) is 47.5 Å². The van der Waals surface area contributed by atoms with Crippen LogP contribution in [0.3, 0.4) is 0 Å². The quantitative estimate of drug-likeness (QED) is 0.132. The Labute approximate surface area is 276 Å². The van der Waals surface area contributed by atoms with Crippen molar-refractivity contribution in [2.45, 2.75) is 23.1 Å². The van der Waals surface area contributed by atoms with Crippen LogP contribution in [0.1, 0.15) is 27.7 Å². The molecule has 6 aromatic rings. The van der Waals surface area contributed by atoms with Crippen LogP contribution in [-0.2, 0) is 11.9 Å².